The van der Waals surface area contributed by atoms with Crippen molar-refractivity contribution in [1.82, 2.24) is 4.98 Å². The molecule has 0 aliphatic rings. The third kappa shape index (κ3) is 3.70. The van der Waals surface area contributed by atoms with E-state index in [2.05, 4.69) is 43.2 Å². The topological polar surface area (TPSA) is 12.9 Å². The molecule has 1 aromatic heterocycles. The minimum absolute atomic E-state index is 0. The van der Waals surface area contributed by atoms with Crippen molar-refractivity contribution < 1.29 is 19.5 Å². The molecule has 0 aliphatic carbocycles. The van der Waals surface area contributed by atoms with Crippen LogP contribution < -0.4 is 5.30 Å². The van der Waals surface area contributed by atoms with Gasteiger partial charge in [-0.1, -0.05) is 12.1 Å². The van der Waals surface area contributed by atoms with E-state index in [0.29, 0.717) is 0 Å². The summed E-state index contributed by atoms with van der Waals surface area (Å²) < 4.78 is 0. The summed E-state index contributed by atoms with van der Waals surface area (Å²) in [7, 11) is -0.963. The Balaban J connectivity index is 0.00000144. The van der Waals surface area contributed by atoms with Crippen LogP contribution in [0.4, 0.5) is 0 Å². The summed E-state index contributed by atoms with van der Waals surface area (Å²) in [6.07, 6.45) is 1.82. The van der Waals surface area contributed by atoms with Gasteiger partial charge in [0.2, 0.25) is 0 Å². The van der Waals surface area contributed by atoms with E-state index in [9.17, 15) is 0 Å². The second kappa shape index (κ2) is 5.85. The molecule has 0 N–H and O–H groups in total. The van der Waals surface area contributed by atoms with Gasteiger partial charge in [0, 0.05) is 38.2 Å². The monoisotopic (exact) mass is 332 g/mol. The molecule has 0 spiro atoms. The van der Waals surface area contributed by atoms with Gasteiger partial charge in [-0.15, -0.1) is 29.8 Å². The average Bonchev–Trinajstić information content (AvgIpc) is 2.29. The molecule has 1 aromatic carbocycles. The minimum atomic E-state index is -0.963. The van der Waals surface area contributed by atoms with Crippen molar-refractivity contribution in [3.63, 3.8) is 0 Å². The first-order valence-electron chi connectivity index (χ1n) is 5.32. The van der Waals surface area contributed by atoms with Crippen molar-refractivity contribution in [2.24, 2.45) is 0 Å². The predicted molar refractivity (Wildman–Crippen MR) is 72.8 cm³/mol. The quantitative estimate of drug-likeness (QED) is 0.468. The number of hydrogen-bond acceptors (Lipinski definition) is 1. The van der Waals surface area contributed by atoms with Crippen molar-refractivity contribution in [2.75, 3.05) is 20.0 Å². The Kier molecular flexibility index (Phi) is 4.98. The van der Waals surface area contributed by atoms with E-state index in [4.69, 9.17) is 0 Å². The zero-order chi connectivity index (χ0) is 11.6. The number of benzene rings is 1. The number of pyridine rings is 1. The average molecular weight is 332 g/mol. The Labute approximate surface area is 117 Å². The summed E-state index contributed by atoms with van der Waals surface area (Å²) in [6, 6.07) is 15.6. The molecular weight excluding hydrogens is 316 g/mol. The van der Waals surface area contributed by atoms with E-state index in [0.717, 1.165) is 11.3 Å². The molecule has 0 aliphatic heterocycles. The number of rotatable bonds is 2. The van der Waals surface area contributed by atoms with Gasteiger partial charge in [0.05, 0.1) is 20.0 Å². The smallest absolute Gasteiger partial charge is 0.0515 e. The third-order valence-corrected chi connectivity index (χ3v) is 4.33. The first-order chi connectivity index (χ1) is 7.57. The van der Waals surface area contributed by atoms with Crippen LogP contribution in [0.5, 0.6) is 0 Å². The molecule has 17 heavy (non-hydrogen) atoms. The Bertz CT molecular complexity index is 477. The van der Waals surface area contributed by atoms with Crippen LogP contribution in [-0.4, -0.2) is 25.0 Å². The molecule has 0 saturated carbocycles. The van der Waals surface area contributed by atoms with Crippen molar-refractivity contribution in [2.45, 2.75) is 0 Å². The molecule has 1 nitrogen and oxygen atoms in total. The molecule has 0 fully saturated rings. The van der Waals surface area contributed by atoms with Gasteiger partial charge in [0.15, 0.2) is 0 Å². The maximum Gasteiger partial charge on any atom is 0.0515 e. The van der Waals surface area contributed by atoms with Gasteiger partial charge in [-0.05, 0) is 11.8 Å². The molecule has 2 aromatic rings. The van der Waals surface area contributed by atoms with Crippen LogP contribution in [0.2, 0.25) is 0 Å². The second-order valence-corrected chi connectivity index (χ2v) is 9.23. The maximum atomic E-state index is 4.35. The van der Waals surface area contributed by atoms with Crippen LogP contribution >= 0.6 is 7.26 Å². The predicted octanol–water partition coefficient (Wildman–Crippen LogP) is 3.08. The molecular formula is C14H16NPRh. The van der Waals surface area contributed by atoms with Crippen LogP contribution in [0.15, 0.2) is 42.6 Å². The number of nitrogens with zero attached hydrogens (tertiary/aromatic N) is 1. The Morgan fingerprint density at radius 1 is 1.12 bits per heavy atom. The van der Waals surface area contributed by atoms with Gasteiger partial charge in [0.25, 0.3) is 0 Å². The Morgan fingerprint density at radius 2 is 1.88 bits per heavy atom. The third-order valence-electron chi connectivity index (χ3n) is 2.50. The van der Waals surface area contributed by atoms with Crippen LogP contribution in [0.3, 0.4) is 0 Å². The van der Waals surface area contributed by atoms with E-state index in [1.165, 1.54) is 5.30 Å². The largest absolute Gasteiger partial charge is 0.305 e. The standard InChI is InChI=1S/C14H16NP.Rh/c1-16(2,3)13-8-6-7-12(11-13)14-9-4-5-10-15-14;/h4-6,8-11H,1-3H3;. The second-order valence-electron chi connectivity index (χ2n) is 4.69. The SMILES string of the molecule is C[P+](C)(C)c1cc[c-]c(-c2ccccn2)c1.[Rh]. The van der Waals surface area contributed by atoms with Gasteiger partial charge in [0.1, 0.15) is 0 Å². The molecule has 0 amide bonds. The first-order valence-corrected chi connectivity index (χ1v) is 8.45. The molecule has 0 atom stereocenters. The Hall–Kier alpha value is -0.577. The summed E-state index contributed by atoms with van der Waals surface area (Å²) in [5, 5.41) is 1.42. The number of aromatic nitrogens is 1. The van der Waals surface area contributed by atoms with Crippen LogP contribution in [0.1, 0.15) is 0 Å². The molecule has 0 saturated heterocycles. The Morgan fingerprint density at radius 3 is 2.47 bits per heavy atom. The summed E-state index contributed by atoms with van der Waals surface area (Å²) >= 11 is 0. The van der Waals surface area contributed by atoms with Crippen molar-refractivity contribution >= 4 is 12.6 Å². The molecule has 1 heterocycles. The van der Waals surface area contributed by atoms with E-state index in [1.807, 2.05) is 30.5 Å². The zero-order valence-corrected chi connectivity index (χ0v) is 12.8. The fourth-order valence-corrected chi connectivity index (χ4v) is 2.58. The van der Waals surface area contributed by atoms with Crippen LogP contribution in [-0.2, 0) is 19.5 Å². The van der Waals surface area contributed by atoms with E-state index >= 15 is 0 Å². The summed E-state index contributed by atoms with van der Waals surface area (Å²) in [6.45, 7) is 6.97. The van der Waals surface area contributed by atoms with E-state index in [1.54, 1.807) is 0 Å². The van der Waals surface area contributed by atoms with Gasteiger partial charge >= 0.3 is 0 Å². The maximum absolute atomic E-state index is 4.35. The fraction of sp³-hybridized carbons (Fsp3) is 0.214. The van der Waals surface area contributed by atoms with Crippen molar-refractivity contribution in [3.05, 3.63) is 48.7 Å². The number of hydrogen-bond donors (Lipinski definition) is 0. The molecule has 0 unspecified atom stereocenters. The zero-order valence-electron chi connectivity index (χ0n) is 10.3. The van der Waals surface area contributed by atoms with E-state index < -0.39 is 7.26 Å². The van der Waals surface area contributed by atoms with Crippen molar-refractivity contribution in [3.8, 4) is 11.3 Å². The molecule has 3 heteroatoms. The van der Waals surface area contributed by atoms with Crippen molar-refractivity contribution in [1.29, 1.82) is 0 Å². The van der Waals surface area contributed by atoms with Gasteiger partial charge < -0.3 is 4.98 Å². The minimum Gasteiger partial charge on any atom is -0.305 e. The first kappa shape index (κ1) is 14.5. The normalized spacial score (nSPS) is 10.8. The molecule has 1 radical (unpaired) electrons. The molecule has 0 bridgehead atoms. The summed E-state index contributed by atoms with van der Waals surface area (Å²) in [4.78, 5) is 4.35. The van der Waals surface area contributed by atoms with Gasteiger partial charge in [-0.2, -0.15) is 0 Å². The fourth-order valence-electron chi connectivity index (χ4n) is 1.54. The van der Waals surface area contributed by atoms with E-state index in [-0.39, 0.29) is 19.5 Å². The van der Waals surface area contributed by atoms with Gasteiger partial charge in [-0.3, -0.25) is 0 Å². The van der Waals surface area contributed by atoms with Crippen LogP contribution in [0, 0.1) is 6.07 Å². The molecule has 91 valence electrons. The van der Waals surface area contributed by atoms with Crippen LogP contribution in [0.25, 0.3) is 11.3 Å². The summed E-state index contributed by atoms with van der Waals surface area (Å²) in [5.74, 6) is 0. The van der Waals surface area contributed by atoms with Gasteiger partial charge in [-0.25, -0.2) is 0 Å². The molecule has 2 rings (SSSR count). The summed E-state index contributed by atoms with van der Waals surface area (Å²) in [5.41, 5.74) is 2.09.